The van der Waals surface area contributed by atoms with Crippen molar-refractivity contribution in [2.24, 2.45) is 0 Å². The fourth-order valence-electron chi connectivity index (χ4n) is 3.38. The highest BCUT2D eigenvalue weighted by atomic mass is 32.2. The molecule has 3 heterocycles. The minimum atomic E-state index is -4.47. The summed E-state index contributed by atoms with van der Waals surface area (Å²) >= 11 is 0. The van der Waals surface area contributed by atoms with Crippen molar-refractivity contribution in [1.29, 1.82) is 0 Å². The topological polar surface area (TPSA) is 69.6 Å². The van der Waals surface area contributed by atoms with Crippen LogP contribution in [0.25, 0.3) is 0 Å². The van der Waals surface area contributed by atoms with Gasteiger partial charge in [0.15, 0.2) is 0 Å². The van der Waals surface area contributed by atoms with Crippen molar-refractivity contribution in [2.75, 3.05) is 54.8 Å². The van der Waals surface area contributed by atoms with Crippen molar-refractivity contribution in [3.63, 3.8) is 0 Å². The van der Waals surface area contributed by atoms with Crippen LogP contribution in [0.15, 0.2) is 12.4 Å². The zero-order chi connectivity index (χ0) is 19.5. The number of halogens is 3. The number of piperidine rings is 1. The molecule has 0 atom stereocenters. The van der Waals surface area contributed by atoms with Gasteiger partial charge in [0.05, 0.1) is 12.2 Å². The molecule has 152 valence electrons. The van der Waals surface area contributed by atoms with Crippen LogP contribution in [0, 0.1) is 0 Å². The molecule has 2 aliphatic heterocycles. The van der Waals surface area contributed by atoms with E-state index in [9.17, 15) is 21.6 Å². The summed E-state index contributed by atoms with van der Waals surface area (Å²) in [6.45, 7) is 3.01. The molecule has 27 heavy (non-hydrogen) atoms. The zero-order valence-corrected chi connectivity index (χ0v) is 15.8. The summed E-state index contributed by atoms with van der Waals surface area (Å²) in [5.41, 5.74) is 0. The molecule has 1 aromatic heterocycles. The summed E-state index contributed by atoms with van der Waals surface area (Å²) in [5, 5.41) is 0. The molecular formula is C16H24F3N5O2S. The average molecular weight is 407 g/mol. The van der Waals surface area contributed by atoms with E-state index < -0.39 is 28.4 Å². The summed E-state index contributed by atoms with van der Waals surface area (Å²) in [4.78, 5) is 12.8. The van der Waals surface area contributed by atoms with Gasteiger partial charge in [-0.3, -0.25) is 0 Å². The van der Waals surface area contributed by atoms with Gasteiger partial charge in [-0.25, -0.2) is 18.4 Å². The lowest BCUT2D eigenvalue weighted by Gasteiger charge is -2.35. The predicted molar refractivity (Wildman–Crippen MR) is 96.3 cm³/mol. The van der Waals surface area contributed by atoms with Gasteiger partial charge in [-0.1, -0.05) is 0 Å². The standard InChI is InChI=1S/C16H24F3N5O2S/c17-16(18,19)4-11-27(25,26)24-9-7-23(8-10-24)15-12-14(20-13-21-15)22-5-2-1-3-6-22/h12-13H,1-11H2. The van der Waals surface area contributed by atoms with Crippen molar-refractivity contribution in [2.45, 2.75) is 31.9 Å². The van der Waals surface area contributed by atoms with E-state index in [1.807, 2.05) is 11.0 Å². The Labute approximate surface area is 157 Å². The van der Waals surface area contributed by atoms with E-state index in [0.717, 1.165) is 41.9 Å². The molecule has 2 fully saturated rings. The van der Waals surface area contributed by atoms with Crippen LogP contribution in [0.3, 0.4) is 0 Å². The number of rotatable bonds is 5. The number of hydrogen-bond acceptors (Lipinski definition) is 6. The van der Waals surface area contributed by atoms with Crippen LogP contribution >= 0.6 is 0 Å². The first kappa shape index (κ1) is 20.1. The first-order valence-corrected chi connectivity index (χ1v) is 10.7. The van der Waals surface area contributed by atoms with Crippen LogP contribution in [0.4, 0.5) is 24.8 Å². The Balaban J connectivity index is 1.59. The second kappa shape index (κ2) is 8.17. The molecule has 0 spiro atoms. The maximum Gasteiger partial charge on any atom is 0.390 e. The molecule has 0 saturated carbocycles. The third kappa shape index (κ3) is 5.44. The number of aromatic nitrogens is 2. The Morgan fingerprint density at radius 2 is 1.44 bits per heavy atom. The van der Waals surface area contributed by atoms with Crippen LogP contribution < -0.4 is 9.80 Å². The Kier molecular flexibility index (Phi) is 6.09. The Hall–Kier alpha value is -1.62. The third-order valence-corrected chi connectivity index (χ3v) is 6.79. The van der Waals surface area contributed by atoms with Crippen molar-refractivity contribution in [1.82, 2.24) is 14.3 Å². The van der Waals surface area contributed by atoms with Gasteiger partial charge in [0.25, 0.3) is 0 Å². The monoisotopic (exact) mass is 407 g/mol. The summed E-state index contributed by atoms with van der Waals surface area (Å²) in [6, 6.07) is 1.90. The second-order valence-electron chi connectivity index (χ2n) is 6.85. The molecular weight excluding hydrogens is 383 g/mol. The van der Waals surface area contributed by atoms with Gasteiger partial charge in [0.1, 0.15) is 18.0 Å². The maximum absolute atomic E-state index is 12.3. The van der Waals surface area contributed by atoms with Crippen LogP contribution in [0.1, 0.15) is 25.7 Å². The van der Waals surface area contributed by atoms with E-state index in [4.69, 9.17) is 0 Å². The molecule has 11 heteroatoms. The van der Waals surface area contributed by atoms with E-state index >= 15 is 0 Å². The zero-order valence-electron chi connectivity index (χ0n) is 15.0. The SMILES string of the molecule is O=S(=O)(CCC(F)(F)F)N1CCN(c2cc(N3CCCCC3)ncn2)CC1. The molecule has 0 radical (unpaired) electrons. The number of hydrogen-bond donors (Lipinski definition) is 0. The molecule has 0 aliphatic carbocycles. The summed E-state index contributed by atoms with van der Waals surface area (Å²) in [7, 11) is -3.90. The van der Waals surface area contributed by atoms with E-state index in [0.29, 0.717) is 13.1 Å². The Bertz CT molecular complexity index is 730. The van der Waals surface area contributed by atoms with Gasteiger partial charge in [0, 0.05) is 45.3 Å². The molecule has 0 unspecified atom stereocenters. The van der Waals surface area contributed by atoms with E-state index in [1.165, 1.54) is 12.7 Å². The summed E-state index contributed by atoms with van der Waals surface area (Å²) in [5.74, 6) is 0.682. The number of alkyl halides is 3. The van der Waals surface area contributed by atoms with Crippen LogP contribution in [0.5, 0.6) is 0 Å². The van der Waals surface area contributed by atoms with Gasteiger partial charge >= 0.3 is 6.18 Å². The molecule has 7 nitrogen and oxygen atoms in total. The minimum absolute atomic E-state index is 0.156. The van der Waals surface area contributed by atoms with Crippen molar-refractivity contribution in [3.8, 4) is 0 Å². The van der Waals surface area contributed by atoms with Crippen molar-refractivity contribution in [3.05, 3.63) is 12.4 Å². The third-order valence-electron chi connectivity index (χ3n) is 4.92. The molecule has 0 bridgehead atoms. The maximum atomic E-state index is 12.3. The molecule has 2 saturated heterocycles. The first-order valence-electron chi connectivity index (χ1n) is 9.11. The highest BCUT2D eigenvalue weighted by Gasteiger charge is 2.34. The predicted octanol–water partition coefficient (Wildman–Crippen LogP) is 1.87. The van der Waals surface area contributed by atoms with Gasteiger partial charge in [-0.2, -0.15) is 17.5 Å². The normalized spacial score (nSPS) is 20.1. The summed E-state index contributed by atoms with van der Waals surface area (Å²) in [6.07, 6.45) is -0.798. The van der Waals surface area contributed by atoms with Crippen LogP contribution in [-0.4, -0.2) is 73.9 Å². The quantitative estimate of drug-likeness (QED) is 0.742. The second-order valence-corrected chi connectivity index (χ2v) is 8.94. The fourth-order valence-corrected chi connectivity index (χ4v) is 4.84. The smallest absolute Gasteiger partial charge is 0.356 e. The number of nitrogens with zero attached hydrogens (tertiary/aromatic N) is 5. The van der Waals surface area contributed by atoms with Gasteiger partial charge in [-0.05, 0) is 19.3 Å². The van der Waals surface area contributed by atoms with E-state index in [2.05, 4.69) is 14.9 Å². The van der Waals surface area contributed by atoms with Crippen LogP contribution in [-0.2, 0) is 10.0 Å². The van der Waals surface area contributed by atoms with Gasteiger partial charge < -0.3 is 9.80 Å². The Morgan fingerprint density at radius 3 is 2.00 bits per heavy atom. The fraction of sp³-hybridized carbons (Fsp3) is 0.750. The van der Waals surface area contributed by atoms with Gasteiger partial charge in [-0.15, -0.1) is 0 Å². The Morgan fingerprint density at radius 1 is 0.889 bits per heavy atom. The molecule has 1 aromatic rings. The lowest BCUT2D eigenvalue weighted by Crippen LogP contribution is -2.49. The van der Waals surface area contributed by atoms with E-state index in [-0.39, 0.29) is 13.1 Å². The molecule has 0 amide bonds. The lowest BCUT2D eigenvalue weighted by molar-refractivity contribution is -0.130. The number of anilines is 2. The summed E-state index contributed by atoms with van der Waals surface area (Å²) < 4.78 is 62.3. The van der Waals surface area contributed by atoms with Crippen molar-refractivity contribution < 1.29 is 21.6 Å². The average Bonchev–Trinajstić information content (AvgIpc) is 2.67. The molecule has 2 aliphatic rings. The number of sulfonamides is 1. The highest BCUT2D eigenvalue weighted by Crippen LogP contribution is 2.24. The molecule has 3 rings (SSSR count). The molecule has 0 N–H and O–H groups in total. The van der Waals surface area contributed by atoms with Crippen molar-refractivity contribution >= 4 is 21.7 Å². The molecule has 0 aromatic carbocycles. The van der Waals surface area contributed by atoms with E-state index in [1.54, 1.807) is 0 Å². The first-order chi connectivity index (χ1) is 12.7. The van der Waals surface area contributed by atoms with Gasteiger partial charge in [0.2, 0.25) is 10.0 Å². The lowest BCUT2D eigenvalue weighted by atomic mass is 10.1. The largest absolute Gasteiger partial charge is 0.390 e. The van der Waals surface area contributed by atoms with Crippen LogP contribution in [0.2, 0.25) is 0 Å². The minimum Gasteiger partial charge on any atom is -0.356 e. The highest BCUT2D eigenvalue weighted by molar-refractivity contribution is 7.89. The number of piperazine rings is 1.